The van der Waals surface area contributed by atoms with Crippen molar-refractivity contribution in [3.8, 4) is 0 Å². The van der Waals surface area contributed by atoms with Gasteiger partial charge >= 0.3 is 6.18 Å². The van der Waals surface area contributed by atoms with Crippen LogP contribution >= 0.6 is 34.8 Å². The van der Waals surface area contributed by atoms with Gasteiger partial charge in [-0.3, -0.25) is 19.4 Å². The van der Waals surface area contributed by atoms with E-state index in [0.717, 1.165) is 44.6 Å². The first-order valence-electron chi connectivity index (χ1n) is 14.0. The summed E-state index contributed by atoms with van der Waals surface area (Å²) >= 11 is 19.0. The first-order chi connectivity index (χ1) is 20.3. The SMILES string of the molecule is C[C@@H]1CN(c2ncc(Nc3c(NCC(F)(F)F)c(=O)c3=O)cc2Cl)[C@@H](C)CN1C1CCN(Cc2cc(Cl)cc(Cl)c2)CC1. The third-order valence-electron chi connectivity index (χ3n) is 8.13. The van der Waals surface area contributed by atoms with Gasteiger partial charge in [-0.05, 0) is 69.6 Å². The van der Waals surface area contributed by atoms with Crippen molar-refractivity contribution >= 4 is 57.7 Å². The van der Waals surface area contributed by atoms with Crippen LogP contribution in [0.4, 0.5) is 36.1 Å². The number of piperazine rings is 1. The second-order valence-corrected chi connectivity index (χ2v) is 12.6. The van der Waals surface area contributed by atoms with E-state index in [4.69, 9.17) is 34.8 Å². The molecular weight excluding hydrogens is 628 g/mol. The van der Waals surface area contributed by atoms with Gasteiger partial charge in [-0.2, -0.15) is 13.2 Å². The minimum Gasteiger partial charge on any atom is -0.371 e. The molecule has 2 aromatic carbocycles. The Hall–Kier alpha value is -2.57. The average molecular weight is 660 g/mol. The maximum atomic E-state index is 12.6. The van der Waals surface area contributed by atoms with Crippen molar-refractivity contribution in [2.75, 3.05) is 48.3 Å². The first-order valence-corrected chi connectivity index (χ1v) is 15.2. The summed E-state index contributed by atoms with van der Waals surface area (Å²) in [7, 11) is 0. The molecule has 2 aliphatic heterocycles. The van der Waals surface area contributed by atoms with Crippen LogP contribution in [0.1, 0.15) is 32.3 Å². The molecule has 5 rings (SSSR count). The lowest BCUT2D eigenvalue weighted by Crippen LogP contribution is -2.61. The monoisotopic (exact) mass is 658 g/mol. The number of hydrogen-bond donors (Lipinski definition) is 2. The van der Waals surface area contributed by atoms with Gasteiger partial charge < -0.3 is 15.5 Å². The molecule has 0 amide bonds. The summed E-state index contributed by atoms with van der Waals surface area (Å²) in [5, 5.41) is 6.31. The lowest BCUT2D eigenvalue weighted by Gasteiger charge is -2.49. The van der Waals surface area contributed by atoms with Crippen LogP contribution in [0.2, 0.25) is 15.1 Å². The Morgan fingerprint density at radius 2 is 1.58 bits per heavy atom. The Morgan fingerprint density at radius 1 is 0.930 bits per heavy atom. The van der Waals surface area contributed by atoms with Crippen LogP contribution in [0, 0.1) is 0 Å². The molecule has 0 bridgehead atoms. The number of aromatic nitrogens is 1. The van der Waals surface area contributed by atoms with E-state index >= 15 is 0 Å². The molecule has 2 saturated heterocycles. The molecule has 0 aliphatic carbocycles. The largest absolute Gasteiger partial charge is 0.405 e. The van der Waals surface area contributed by atoms with Crippen LogP contribution in [-0.2, 0) is 6.54 Å². The molecule has 0 unspecified atom stereocenters. The molecule has 232 valence electrons. The molecule has 8 nitrogen and oxygen atoms in total. The lowest BCUT2D eigenvalue weighted by atomic mass is 9.97. The second kappa shape index (κ2) is 12.8. The smallest absolute Gasteiger partial charge is 0.371 e. The number of piperidine rings is 1. The number of halogens is 6. The van der Waals surface area contributed by atoms with E-state index in [0.29, 0.717) is 39.2 Å². The number of benzene rings is 1. The van der Waals surface area contributed by atoms with Gasteiger partial charge in [0, 0.05) is 47.8 Å². The van der Waals surface area contributed by atoms with Gasteiger partial charge in [-0.25, -0.2) is 4.98 Å². The van der Waals surface area contributed by atoms with Crippen LogP contribution in [0.3, 0.4) is 0 Å². The number of nitrogens with one attached hydrogen (secondary N) is 2. The Morgan fingerprint density at radius 3 is 2.21 bits per heavy atom. The standard InChI is InChI=1S/C29H32Cl3F3N6O2/c1-16-13-41(17(2)12-40(16)22-3-5-39(6-4-22)14-18-7-19(30)9-20(31)8-18)28-23(32)10-21(11-36-28)38-25-24(26(42)27(25)43)37-15-29(33,34)35/h7-11,16-17,22,37-38H,3-6,12-15H2,1-2H3/t16-,17+/m1/s1. The van der Waals surface area contributed by atoms with Crippen LogP contribution in [0.5, 0.6) is 0 Å². The Labute approximate surface area is 262 Å². The van der Waals surface area contributed by atoms with Gasteiger partial charge in [0.25, 0.3) is 10.9 Å². The molecule has 0 saturated carbocycles. The van der Waals surface area contributed by atoms with Gasteiger partial charge in [0.05, 0.1) is 16.9 Å². The van der Waals surface area contributed by atoms with E-state index in [1.807, 2.05) is 17.4 Å². The third kappa shape index (κ3) is 7.39. The zero-order chi connectivity index (χ0) is 31.1. The highest BCUT2D eigenvalue weighted by molar-refractivity contribution is 6.34. The predicted molar refractivity (Wildman–Crippen MR) is 166 cm³/mol. The minimum absolute atomic E-state index is 0.123. The van der Waals surface area contributed by atoms with Crippen molar-refractivity contribution in [2.24, 2.45) is 0 Å². The van der Waals surface area contributed by atoms with E-state index < -0.39 is 29.3 Å². The number of likely N-dealkylation sites (tertiary alicyclic amines) is 1. The van der Waals surface area contributed by atoms with E-state index in [2.05, 4.69) is 38.8 Å². The Balaban J connectivity index is 1.18. The molecule has 1 aromatic heterocycles. The van der Waals surface area contributed by atoms with E-state index in [1.165, 1.54) is 6.20 Å². The number of hydrogen-bond acceptors (Lipinski definition) is 8. The van der Waals surface area contributed by atoms with Crippen molar-refractivity contribution in [3.05, 3.63) is 71.5 Å². The molecule has 3 heterocycles. The summed E-state index contributed by atoms with van der Waals surface area (Å²) in [6.07, 6.45) is -0.965. The van der Waals surface area contributed by atoms with Crippen LogP contribution in [0.15, 0.2) is 40.1 Å². The Kier molecular flexibility index (Phi) is 9.48. The summed E-state index contributed by atoms with van der Waals surface area (Å²) in [4.78, 5) is 35.5. The molecule has 0 radical (unpaired) electrons. The van der Waals surface area contributed by atoms with Gasteiger partial charge in [-0.15, -0.1) is 0 Å². The summed E-state index contributed by atoms with van der Waals surface area (Å²) in [6.45, 7) is 7.23. The molecule has 14 heteroatoms. The quantitative estimate of drug-likeness (QED) is 0.289. The zero-order valence-electron chi connectivity index (χ0n) is 23.6. The van der Waals surface area contributed by atoms with E-state index in [1.54, 1.807) is 12.1 Å². The molecule has 2 atom stereocenters. The summed E-state index contributed by atoms with van der Waals surface area (Å²) in [5.74, 6) is 0.585. The zero-order valence-corrected chi connectivity index (χ0v) is 25.9. The third-order valence-corrected chi connectivity index (χ3v) is 8.84. The lowest BCUT2D eigenvalue weighted by molar-refractivity contribution is -0.115. The molecule has 43 heavy (non-hydrogen) atoms. The van der Waals surface area contributed by atoms with Crippen molar-refractivity contribution < 1.29 is 13.2 Å². The van der Waals surface area contributed by atoms with Crippen molar-refractivity contribution in [2.45, 2.75) is 57.5 Å². The highest BCUT2D eigenvalue weighted by Crippen LogP contribution is 2.33. The van der Waals surface area contributed by atoms with Crippen LogP contribution < -0.4 is 26.4 Å². The average Bonchev–Trinajstić information content (AvgIpc) is 2.93. The van der Waals surface area contributed by atoms with Gasteiger partial charge in [0.15, 0.2) is 0 Å². The molecule has 3 aromatic rings. The van der Waals surface area contributed by atoms with Gasteiger partial charge in [0.1, 0.15) is 23.7 Å². The summed E-state index contributed by atoms with van der Waals surface area (Å²) < 4.78 is 37.7. The number of pyridine rings is 1. The van der Waals surface area contributed by atoms with E-state index in [9.17, 15) is 22.8 Å². The van der Waals surface area contributed by atoms with Crippen LogP contribution in [-0.4, -0.2) is 71.8 Å². The second-order valence-electron chi connectivity index (χ2n) is 11.4. The molecular formula is C29H32Cl3F3N6O2. The molecule has 2 N–H and O–H groups in total. The first kappa shape index (κ1) is 31.8. The minimum atomic E-state index is -4.54. The number of rotatable bonds is 8. The maximum absolute atomic E-state index is 12.6. The van der Waals surface area contributed by atoms with E-state index in [-0.39, 0.29) is 17.8 Å². The fourth-order valence-electron chi connectivity index (χ4n) is 6.05. The fraction of sp³-hybridized carbons (Fsp3) is 0.483. The van der Waals surface area contributed by atoms with Crippen molar-refractivity contribution in [1.82, 2.24) is 14.8 Å². The normalized spacial score (nSPS) is 21.0. The number of anilines is 4. The highest BCUT2D eigenvalue weighted by atomic mass is 35.5. The molecule has 2 aliphatic rings. The van der Waals surface area contributed by atoms with Crippen LogP contribution in [0.25, 0.3) is 0 Å². The maximum Gasteiger partial charge on any atom is 0.405 e. The summed E-state index contributed by atoms with van der Waals surface area (Å²) in [6, 6.07) is 8.06. The topological polar surface area (TPSA) is 80.8 Å². The van der Waals surface area contributed by atoms with Gasteiger partial charge in [0.2, 0.25) is 0 Å². The molecule has 2 fully saturated rings. The van der Waals surface area contributed by atoms with Crippen molar-refractivity contribution in [1.29, 1.82) is 0 Å². The number of alkyl halides is 3. The molecule has 0 spiro atoms. The van der Waals surface area contributed by atoms with Gasteiger partial charge in [-0.1, -0.05) is 34.8 Å². The summed E-state index contributed by atoms with van der Waals surface area (Å²) in [5.41, 5.74) is -1.14. The predicted octanol–water partition coefficient (Wildman–Crippen LogP) is 5.92. The Bertz CT molecular complexity index is 1520. The fourth-order valence-corrected chi connectivity index (χ4v) is 6.90. The number of nitrogens with zero attached hydrogens (tertiary/aromatic N) is 4. The van der Waals surface area contributed by atoms with Crippen molar-refractivity contribution in [3.63, 3.8) is 0 Å². The highest BCUT2D eigenvalue weighted by Gasteiger charge is 2.36.